The molecule has 160 valence electrons. The number of aromatic nitrogens is 2. The van der Waals surface area contributed by atoms with Crippen LogP contribution in [0, 0.1) is 6.92 Å². The van der Waals surface area contributed by atoms with Gasteiger partial charge in [-0.15, -0.1) is 0 Å². The van der Waals surface area contributed by atoms with Crippen LogP contribution in [0.15, 0.2) is 84.4 Å². The monoisotopic (exact) mass is 446 g/mol. The van der Waals surface area contributed by atoms with Gasteiger partial charge in [0.15, 0.2) is 5.16 Å². The largest absolute Gasteiger partial charge is 0.508 e. The number of nitrogens with zero attached hydrogens (tertiary/aromatic N) is 2. The van der Waals surface area contributed by atoms with Gasteiger partial charge in [0.1, 0.15) is 17.1 Å². The minimum atomic E-state index is -0.499. The van der Waals surface area contributed by atoms with Gasteiger partial charge in [0.05, 0.1) is 23.7 Å². The molecular formula is C24H18N2O5S. The van der Waals surface area contributed by atoms with Crippen LogP contribution in [0.2, 0.25) is 0 Å². The molecule has 3 heterocycles. The minimum Gasteiger partial charge on any atom is -0.508 e. The topological polar surface area (TPSA) is 98.5 Å². The fraction of sp³-hybridized carbons (Fsp3) is 0.125. The van der Waals surface area contributed by atoms with Gasteiger partial charge in [-0.3, -0.25) is 9.36 Å². The summed E-state index contributed by atoms with van der Waals surface area (Å²) in [7, 11) is 0. The summed E-state index contributed by atoms with van der Waals surface area (Å²) in [6.45, 7) is 1.94. The van der Waals surface area contributed by atoms with E-state index in [0.717, 1.165) is 10.9 Å². The predicted octanol–water partition coefficient (Wildman–Crippen LogP) is 4.45. The SMILES string of the molecule is Cc1c(O)ccc2c(CSc3nc4ccccc4c(=O)n3Cc3ccco3)cc(=O)oc12. The van der Waals surface area contributed by atoms with Gasteiger partial charge < -0.3 is 13.9 Å². The summed E-state index contributed by atoms with van der Waals surface area (Å²) in [5.41, 5.74) is 1.54. The van der Waals surface area contributed by atoms with Gasteiger partial charge in [-0.1, -0.05) is 23.9 Å². The standard InChI is InChI=1S/C24H18N2O5S/c1-14-20(27)9-8-17-15(11-21(28)31-22(14)17)13-32-24-25-19-7-3-2-6-18(19)23(29)26(24)12-16-5-4-10-30-16/h2-11,27H,12-13H2,1H3. The Balaban J connectivity index is 1.59. The summed E-state index contributed by atoms with van der Waals surface area (Å²) in [5.74, 6) is 1.09. The molecule has 0 spiro atoms. The van der Waals surface area contributed by atoms with Crippen LogP contribution in [0.3, 0.4) is 0 Å². The Morgan fingerprint density at radius 3 is 2.72 bits per heavy atom. The lowest BCUT2D eigenvalue weighted by Crippen LogP contribution is -2.23. The van der Waals surface area contributed by atoms with Crippen molar-refractivity contribution in [2.75, 3.05) is 0 Å². The van der Waals surface area contributed by atoms with Crippen molar-refractivity contribution in [2.45, 2.75) is 24.4 Å². The molecule has 1 N–H and O–H groups in total. The quantitative estimate of drug-likeness (QED) is 0.242. The van der Waals surface area contributed by atoms with Crippen molar-refractivity contribution >= 4 is 33.6 Å². The lowest BCUT2D eigenvalue weighted by atomic mass is 10.1. The van der Waals surface area contributed by atoms with E-state index in [2.05, 4.69) is 0 Å². The third-order valence-electron chi connectivity index (χ3n) is 5.30. The number of aryl methyl sites for hydroxylation is 1. The summed E-state index contributed by atoms with van der Waals surface area (Å²) in [6, 6.07) is 15.5. The Bertz CT molecular complexity index is 1570. The number of fused-ring (bicyclic) bond motifs is 2. The van der Waals surface area contributed by atoms with Crippen LogP contribution in [0.1, 0.15) is 16.9 Å². The first-order chi connectivity index (χ1) is 15.5. The summed E-state index contributed by atoms with van der Waals surface area (Å²) in [6.07, 6.45) is 1.56. The van der Waals surface area contributed by atoms with Crippen molar-refractivity contribution < 1.29 is 13.9 Å². The number of rotatable bonds is 5. The molecule has 0 aliphatic rings. The highest BCUT2D eigenvalue weighted by Crippen LogP contribution is 2.31. The first-order valence-corrected chi connectivity index (χ1v) is 10.9. The van der Waals surface area contributed by atoms with Crippen molar-refractivity contribution in [1.29, 1.82) is 0 Å². The molecule has 0 unspecified atom stereocenters. The first kappa shape index (κ1) is 20.1. The maximum Gasteiger partial charge on any atom is 0.336 e. The Morgan fingerprint density at radius 2 is 1.91 bits per heavy atom. The van der Waals surface area contributed by atoms with Crippen molar-refractivity contribution in [3.63, 3.8) is 0 Å². The molecule has 0 aliphatic carbocycles. The molecule has 2 aromatic carbocycles. The van der Waals surface area contributed by atoms with Crippen LogP contribution in [0.4, 0.5) is 0 Å². The smallest absolute Gasteiger partial charge is 0.336 e. The number of benzene rings is 2. The molecule has 0 saturated carbocycles. The Kier molecular flexibility index (Phi) is 5.07. The Morgan fingerprint density at radius 1 is 1.06 bits per heavy atom. The number of hydrogen-bond donors (Lipinski definition) is 1. The predicted molar refractivity (Wildman–Crippen MR) is 122 cm³/mol. The molecule has 0 amide bonds. The van der Waals surface area contributed by atoms with Gasteiger partial charge in [-0.25, -0.2) is 9.78 Å². The molecule has 0 bridgehead atoms. The highest BCUT2D eigenvalue weighted by molar-refractivity contribution is 7.98. The van der Waals surface area contributed by atoms with Crippen molar-refractivity contribution in [2.24, 2.45) is 0 Å². The molecule has 7 nitrogen and oxygen atoms in total. The molecule has 3 aromatic heterocycles. The number of hydrogen-bond acceptors (Lipinski definition) is 7. The van der Waals surface area contributed by atoms with Crippen LogP contribution in [-0.2, 0) is 12.3 Å². The molecule has 5 rings (SSSR count). The fourth-order valence-electron chi connectivity index (χ4n) is 3.63. The van der Waals surface area contributed by atoms with Gasteiger partial charge >= 0.3 is 5.63 Å². The summed E-state index contributed by atoms with van der Waals surface area (Å²) in [5, 5.41) is 11.7. The molecule has 8 heteroatoms. The average Bonchev–Trinajstić information content (AvgIpc) is 3.30. The second-order valence-electron chi connectivity index (χ2n) is 7.35. The maximum atomic E-state index is 13.2. The van der Waals surface area contributed by atoms with Crippen molar-refractivity contribution in [3.8, 4) is 5.75 Å². The first-order valence-electron chi connectivity index (χ1n) is 9.91. The zero-order valence-electron chi connectivity index (χ0n) is 17.1. The Labute approximate surface area is 185 Å². The fourth-order valence-corrected chi connectivity index (χ4v) is 4.62. The van der Waals surface area contributed by atoms with E-state index in [0.29, 0.717) is 38.7 Å². The van der Waals surface area contributed by atoms with E-state index >= 15 is 0 Å². The highest BCUT2D eigenvalue weighted by atomic mass is 32.2. The maximum absolute atomic E-state index is 13.2. The second kappa shape index (κ2) is 8.05. The number of aromatic hydroxyl groups is 1. The van der Waals surface area contributed by atoms with E-state index in [9.17, 15) is 14.7 Å². The summed E-state index contributed by atoms with van der Waals surface area (Å²) in [4.78, 5) is 30.1. The molecule has 32 heavy (non-hydrogen) atoms. The normalized spacial score (nSPS) is 11.4. The van der Waals surface area contributed by atoms with E-state index in [1.54, 1.807) is 54.2 Å². The average molecular weight is 446 g/mol. The van der Waals surface area contributed by atoms with E-state index in [1.165, 1.54) is 17.8 Å². The van der Waals surface area contributed by atoms with Crippen LogP contribution in [0.25, 0.3) is 21.9 Å². The summed E-state index contributed by atoms with van der Waals surface area (Å²) < 4.78 is 12.4. The van der Waals surface area contributed by atoms with Crippen LogP contribution in [0.5, 0.6) is 5.75 Å². The number of thioether (sulfide) groups is 1. The highest BCUT2D eigenvalue weighted by Gasteiger charge is 2.16. The molecule has 0 fully saturated rings. The lowest BCUT2D eigenvalue weighted by Gasteiger charge is -2.13. The van der Waals surface area contributed by atoms with Gasteiger partial charge in [0.25, 0.3) is 5.56 Å². The molecule has 0 saturated heterocycles. The lowest BCUT2D eigenvalue weighted by molar-refractivity contribution is 0.468. The molecule has 5 aromatic rings. The Hall–Kier alpha value is -3.78. The molecule has 0 radical (unpaired) electrons. The van der Waals surface area contributed by atoms with Crippen LogP contribution < -0.4 is 11.2 Å². The molecule has 0 aliphatic heterocycles. The number of para-hydroxylation sites is 1. The zero-order chi connectivity index (χ0) is 22.2. The van der Waals surface area contributed by atoms with Crippen molar-refractivity contribution in [3.05, 3.63) is 98.5 Å². The van der Waals surface area contributed by atoms with Gasteiger partial charge in [-0.05, 0) is 48.9 Å². The van der Waals surface area contributed by atoms with E-state index in [-0.39, 0.29) is 17.9 Å². The third kappa shape index (κ3) is 3.58. The van der Waals surface area contributed by atoms with Crippen LogP contribution in [-0.4, -0.2) is 14.7 Å². The zero-order valence-corrected chi connectivity index (χ0v) is 17.9. The van der Waals surface area contributed by atoms with E-state index in [1.807, 2.05) is 12.1 Å². The van der Waals surface area contributed by atoms with Gasteiger partial charge in [0, 0.05) is 22.8 Å². The van der Waals surface area contributed by atoms with E-state index in [4.69, 9.17) is 13.8 Å². The van der Waals surface area contributed by atoms with Crippen LogP contribution >= 0.6 is 11.8 Å². The number of phenolic OH excluding ortho intramolecular Hbond substituents is 1. The number of furan rings is 1. The second-order valence-corrected chi connectivity index (χ2v) is 8.29. The molecule has 0 atom stereocenters. The third-order valence-corrected chi connectivity index (χ3v) is 6.32. The minimum absolute atomic E-state index is 0.0638. The molecular weight excluding hydrogens is 428 g/mol. The van der Waals surface area contributed by atoms with Crippen molar-refractivity contribution in [1.82, 2.24) is 9.55 Å². The number of phenols is 1. The van der Waals surface area contributed by atoms with E-state index < -0.39 is 5.63 Å². The summed E-state index contributed by atoms with van der Waals surface area (Å²) >= 11 is 1.35. The van der Waals surface area contributed by atoms with Gasteiger partial charge in [0.2, 0.25) is 0 Å². The van der Waals surface area contributed by atoms with Gasteiger partial charge in [-0.2, -0.15) is 0 Å².